The average molecular weight is 439 g/mol. The molecule has 1 atom stereocenters. The third-order valence-corrected chi connectivity index (χ3v) is 5.83. The molecule has 5 rings (SSSR count). The zero-order valence-corrected chi connectivity index (χ0v) is 18.0. The predicted octanol–water partition coefficient (Wildman–Crippen LogP) is 5.83. The highest BCUT2D eigenvalue weighted by Gasteiger charge is 2.21. The van der Waals surface area contributed by atoms with Gasteiger partial charge in [-0.1, -0.05) is 36.4 Å². The van der Waals surface area contributed by atoms with Crippen molar-refractivity contribution in [1.82, 2.24) is 15.3 Å². The average Bonchev–Trinajstić information content (AvgIpc) is 2.85. The maximum atomic E-state index is 13.5. The maximum absolute atomic E-state index is 13.5. The summed E-state index contributed by atoms with van der Waals surface area (Å²) < 4.78 is 13.5. The molecule has 1 aliphatic rings. The second-order valence-corrected chi connectivity index (χ2v) is 8.10. The highest BCUT2D eigenvalue weighted by atomic mass is 19.1. The zero-order valence-electron chi connectivity index (χ0n) is 18.0. The van der Waals surface area contributed by atoms with E-state index in [0.717, 1.165) is 24.9 Å². The molecule has 0 unspecified atom stereocenters. The molecule has 1 heterocycles. The minimum absolute atomic E-state index is 0.0440. The summed E-state index contributed by atoms with van der Waals surface area (Å²) in [5, 5.41) is 6.39. The van der Waals surface area contributed by atoms with Crippen molar-refractivity contribution in [3.05, 3.63) is 108 Å². The van der Waals surface area contributed by atoms with E-state index >= 15 is 0 Å². The number of amides is 1. The van der Waals surface area contributed by atoms with Crippen LogP contribution in [0.25, 0.3) is 11.4 Å². The fourth-order valence-electron chi connectivity index (χ4n) is 4.19. The third-order valence-electron chi connectivity index (χ3n) is 5.83. The second kappa shape index (κ2) is 9.20. The first-order valence-electron chi connectivity index (χ1n) is 11.0. The van der Waals surface area contributed by atoms with E-state index in [4.69, 9.17) is 0 Å². The minimum atomic E-state index is -0.333. The quantitative estimate of drug-likeness (QED) is 0.411. The normalized spacial score (nSPS) is 14.9. The van der Waals surface area contributed by atoms with Crippen molar-refractivity contribution in [2.45, 2.75) is 25.3 Å². The summed E-state index contributed by atoms with van der Waals surface area (Å²) in [6, 6.07) is 23.5. The van der Waals surface area contributed by atoms with Gasteiger partial charge >= 0.3 is 0 Å². The number of carbonyl (C=O) groups excluding carboxylic acids is 1. The molecule has 0 saturated heterocycles. The van der Waals surface area contributed by atoms with Crippen molar-refractivity contribution in [1.29, 1.82) is 0 Å². The van der Waals surface area contributed by atoms with Crippen LogP contribution in [0.4, 0.5) is 15.9 Å². The Morgan fingerprint density at radius 2 is 1.82 bits per heavy atom. The number of aryl methyl sites for hydroxylation is 1. The Kier molecular flexibility index (Phi) is 5.81. The van der Waals surface area contributed by atoms with Crippen molar-refractivity contribution in [2.75, 3.05) is 5.32 Å². The number of carbonyl (C=O) groups is 1. The van der Waals surface area contributed by atoms with Gasteiger partial charge in [-0.3, -0.25) is 4.79 Å². The number of nitrogens with one attached hydrogen (secondary N) is 2. The molecule has 3 aromatic carbocycles. The van der Waals surface area contributed by atoms with Crippen molar-refractivity contribution >= 4 is 17.4 Å². The summed E-state index contributed by atoms with van der Waals surface area (Å²) in [6.07, 6.45) is 4.71. The third kappa shape index (κ3) is 4.75. The molecule has 4 aromatic rings. The van der Waals surface area contributed by atoms with Crippen LogP contribution in [0.3, 0.4) is 0 Å². The van der Waals surface area contributed by atoms with E-state index in [0.29, 0.717) is 22.8 Å². The maximum Gasteiger partial charge on any atom is 0.251 e. The standard InChI is InChI=1S/C27H23FN4O/c28-21-8-3-7-20(17-21)26-29-16-15-25(32-26)30-22-13-11-19(12-14-22)27(33)31-24-10-4-6-18-5-1-2-9-23(18)24/h1-3,5,7-9,11-17,24H,4,6,10H2,(H,31,33)(H,29,30,32)/t24-/m0/s1. The lowest BCUT2D eigenvalue weighted by Gasteiger charge is -2.26. The molecule has 0 bridgehead atoms. The van der Waals surface area contributed by atoms with Gasteiger partial charge in [-0.05, 0) is 72.9 Å². The summed E-state index contributed by atoms with van der Waals surface area (Å²) in [5.74, 6) is 0.599. The smallest absolute Gasteiger partial charge is 0.251 e. The van der Waals surface area contributed by atoms with E-state index in [1.165, 1.54) is 23.3 Å². The molecule has 1 aliphatic carbocycles. The monoisotopic (exact) mass is 438 g/mol. The van der Waals surface area contributed by atoms with Gasteiger partial charge in [0.2, 0.25) is 0 Å². The summed E-state index contributed by atoms with van der Waals surface area (Å²) >= 11 is 0. The molecule has 164 valence electrons. The Balaban J connectivity index is 1.27. The van der Waals surface area contributed by atoms with Gasteiger partial charge in [0.25, 0.3) is 5.91 Å². The highest BCUT2D eigenvalue weighted by molar-refractivity contribution is 5.94. The van der Waals surface area contributed by atoms with E-state index in [9.17, 15) is 9.18 Å². The molecule has 5 nitrogen and oxygen atoms in total. The molecular weight excluding hydrogens is 415 g/mol. The summed E-state index contributed by atoms with van der Waals surface area (Å²) in [5.41, 5.74) is 4.53. The van der Waals surface area contributed by atoms with Crippen LogP contribution in [0.1, 0.15) is 40.4 Å². The van der Waals surface area contributed by atoms with Gasteiger partial charge in [0.05, 0.1) is 6.04 Å². The molecule has 0 spiro atoms. The molecule has 0 saturated carbocycles. The van der Waals surface area contributed by atoms with Crippen LogP contribution >= 0.6 is 0 Å². The summed E-state index contributed by atoms with van der Waals surface area (Å²) in [6.45, 7) is 0. The fourth-order valence-corrected chi connectivity index (χ4v) is 4.19. The van der Waals surface area contributed by atoms with Crippen molar-refractivity contribution in [3.63, 3.8) is 0 Å². The predicted molar refractivity (Wildman–Crippen MR) is 127 cm³/mol. The van der Waals surface area contributed by atoms with E-state index in [1.807, 2.05) is 24.3 Å². The van der Waals surface area contributed by atoms with Crippen LogP contribution in [0, 0.1) is 5.82 Å². The first kappa shape index (κ1) is 20.8. The Bertz CT molecular complexity index is 1290. The highest BCUT2D eigenvalue weighted by Crippen LogP contribution is 2.29. The van der Waals surface area contributed by atoms with Gasteiger partial charge in [-0.25, -0.2) is 14.4 Å². The summed E-state index contributed by atoms with van der Waals surface area (Å²) in [7, 11) is 0. The molecule has 6 heteroatoms. The molecule has 1 amide bonds. The molecule has 33 heavy (non-hydrogen) atoms. The van der Waals surface area contributed by atoms with Crippen LogP contribution in [-0.4, -0.2) is 15.9 Å². The first-order valence-corrected chi connectivity index (χ1v) is 11.0. The van der Waals surface area contributed by atoms with Crippen molar-refractivity contribution in [2.24, 2.45) is 0 Å². The Hall–Kier alpha value is -4.06. The number of anilines is 2. The van der Waals surface area contributed by atoms with Crippen LogP contribution in [0.5, 0.6) is 0 Å². The van der Waals surface area contributed by atoms with Gasteiger partial charge in [0.1, 0.15) is 11.6 Å². The Labute approximate surface area is 191 Å². The van der Waals surface area contributed by atoms with Gasteiger partial charge in [0.15, 0.2) is 5.82 Å². The van der Waals surface area contributed by atoms with E-state index in [2.05, 4.69) is 32.7 Å². The number of rotatable bonds is 5. The molecule has 0 fully saturated rings. The lowest BCUT2D eigenvalue weighted by atomic mass is 9.87. The molecule has 0 radical (unpaired) electrons. The van der Waals surface area contributed by atoms with Gasteiger partial charge < -0.3 is 10.6 Å². The number of halogens is 1. The second-order valence-electron chi connectivity index (χ2n) is 8.10. The number of hydrogen-bond donors (Lipinski definition) is 2. The van der Waals surface area contributed by atoms with Gasteiger partial charge in [0, 0.05) is 23.0 Å². The van der Waals surface area contributed by atoms with Gasteiger partial charge in [-0.15, -0.1) is 0 Å². The fraction of sp³-hybridized carbons (Fsp3) is 0.148. The zero-order chi connectivity index (χ0) is 22.6. The lowest BCUT2D eigenvalue weighted by Crippen LogP contribution is -2.30. The summed E-state index contributed by atoms with van der Waals surface area (Å²) in [4.78, 5) is 21.5. The molecular formula is C27H23FN4O. The largest absolute Gasteiger partial charge is 0.345 e. The lowest BCUT2D eigenvalue weighted by molar-refractivity contribution is 0.0933. The molecule has 0 aliphatic heterocycles. The topological polar surface area (TPSA) is 66.9 Å². The number of aromatic nitrogens is 2. The number of nitrogens with zero attached hydrogens (tertiary/aromatic N) is 2. The number of benzene rings is 3. The van der Waals surface area contributed by atoms with Gasteiger partial charge in [-0.2, -0.15) is 0 Å². The molecule has 1 aromatic heterocycles. The Morgan fingerprint density at radius 3 is 2.67 bits per heavy atom. The van der Waals surface area contributed by atoms with E-state index in [1.54, 1.807) is 36.5 Å². The SMILES string of the molecule is O=C(N[C@H]1CCCc2ccccc21)c1ccc(Nc2ccnc(-c3cccc(F)c3)n2)cc1. The Morgan fingerprint density at radius 1 is 0.970 bits per heavy atom. The van der Waals surface area contributed by atoms with Crippen LogP contribution in [0.2, 0.25) is 0 Å². The van der Waals surface area contributed by atoms with Crippen LogP contribution < -0.4 is 10.6 Å². The van der Waals surface area contributed by atoms with Crippen LogP contribution in [-0.2, 0) is 6.42 Å². The van der Waals surface area contributed by atoms with Crippen molar-refractivity contribution < 1.29 is 9.18 Å². The van der Waals surface area contributed by atoms with Crippen molar-refractivity contribution in [3.8, 4) is 11.4 Å². The minimum Gasteiger partial charge on any atom is -0.345 e. The first-order chi connectivity index (χ1) is 16.2. The van der Waals surface area contributed by atoms with Crippen LogP contribution in [0.15, 0.2) is 85.1 Å². The van der Waals surface area contributed by atoms with E-state index in [-0.39, 0.29) is 17.8 Å². The van der Waals surface area contributed by atoms with E-state index < -0.39 is 0 Å². The molecule has 2 N–H and O–H groups in total. The number of fused-ring (bicyclic) bond motifs is 1. The number of hydrogen-bond acceptors (Lipinski definition) is 4.